The maximum atomic E-state index is 12.3. The molecule has 4 aliphatic rings. The SMILES string of the molecule is CC(C)CCC[C@@H](C)[C@H]1CC[C@H]2[C@@H]3C(C=O)C=C4CCCC[C@]4(C)[C@H]3CC[C@]12C. The van der Waals surface area contributed by atoms with E-state index < -0.39 is 0 Å². The lowest BCUT2D eigenvalue weighted by Gasteiger charge is -2.59. The van der Waals surface area contributed by atoms with Gasteiger partial charge in [-0.15, -0.1) is 0 Å². The zero-order valence-corrected chi connectivity index (χ0v) is 19.9. The molecule has 0 aliphatic heterocycles. The van der Waals surface area contributed by atoms with Gasteiger partial charge in [-0.25, -0.2) is 0 Å². The topological polar surface area (TPSA) is 17.1 Å². The third-order valence-electron chi connectivity index (χ3n) is 10.5. The van der Waals surface area contributed by atoms with Gasteiger partial charge in [0.15, 0.2) is 0 Å². The normalized spacial score (nSPS) is 45.2. The number of allylic oxidation sites excluding steroid dienone is 2. The summed E-state index contributed by atoms with van der Waals surface area (Å²) >= 11 is 0. The molecule has 4 aliphatic carbocycles. The van der Waals surface area contributed by atoms with Gasteiger partial charge in [0.2, 0.25) is 0 Å². The lowest BCUT2D eigenvalue weighted by Crippen LogP contribution is -2.53. The molecule has 3 saturated carbocycles. The Hall–Kier alpha value is -0.590. The van der Waals surface area contributed by atoms with Gasteiger partial charge in [0.05, 0.1) is 0 Å². The van der Waals surface area contributed by atoms with Crippen LogP contribution in [0.5, 0.6) is 0 Å². The monoisotopic (exact) mass is 398 g/mol. The standard InChI is InChI=1S/C28H46O/c1-19(2)9-8-10-20(3)23-12-13-24-26-21(18-29)17-22-11-6-7-15-27(22,4)25(26)14-16-28(23,24)5/h17-21,23-26H,6-16H2,1-5H3/t20-,21?,23-,24+,25+,26+,27+,28-/m1/s1. The second-order valence-corrected chi connectivity index (χ2v) is 12.4. The molecule has 4 rings (SSSR count). The number of aldehydes is 1. The molecule has 8 atom stereocenters. The molecular formula is C28H46O. The van der Waals surface area contributed by atoms with Crippen molar-refractivity contribution < 1.29 is 4.79 Å². The van der Waals surface area contributed by atoms with Crippen LogP contribution in [0.25, 0.3) is 0 Å². The van der Waals surface area contributed by atoms with Crippen molar-refractivity contribution in [1.82, 2.24) is 0 Å². The van der Waals surface area contributed by atoms with E-state index in [-0.39, 0.29) is 5.92 Å². The molecule has 3 fully saturated rings. The second kappa shape index (κ2) is 8.16. The molecule has 0 aromatic carbocycles. The quantitative estimate of drug-likeness (QED) is 0.329. The van der Waals surface area contributed by atoms with Crippen LogP contribution in [0.4, 0.5) is 0 Å². The lowest BCUT2D eigenvalue weighted by molar-refractivity contribution is -0.119. The van der Waals surface area contributed by atoms with Gasteiger partial charge < -0.3 is 4.79 Å². The van der Waals surface area contributed by atoms with Crippen molar-refractivity contribution in [3.63, 3.8) is 0 Å². The fraction of sp³-hybridized carbons (Fsp3) is 0.893. The van der Waals surface area contributed by atoms with Crippen LogP contribution >= 0.6 is 0 Å². The summed E-state index contributed by atoms with van der Waals surface area (Å²) in [5, 5.41) is 0. The minimum absolute atomic E-state index is 0.195. The maximum Gasteiger partial charge on any atom is 0.127 e. The average molecular weight is 399 g/mol. The van der Waals surface area contributed by atoms with Gasteiger partial charge in [-0.3, -0.25) is 0 Å². The highest BCUT2D eigenvalue weighted by Gasteiger charge is 2.60. The van der Waals surface area contributed by atoms with Crippen molar-refractivity contribution in [2.45, 2.75) is 105 Å². The summed E-state index contributed by atoms with van der Waals surface area (Å²) in [6.07, 6.45) is 18.9. The molecule has 0 heterocycles. The van der Waals surface area contributed by atoms with Crippen LogP contribution in [-0.4, -0.2) is 6.29 Å². The molecule has 1 unspecified atom stereocenters. The van der Waals surface area contributed by atoms with Crippen LogP contribution in [-0.2, 0) is 4.79 Å². The van der Waals surface area contributed by atoms with Crippen LogP contribution < -0.4 is 0 Å². The van der Waals surface area contributed by atoms with E-state index in [4.69, 9.17) is 0 Å². The molecule has 0 aromatic rings. The summed E-state index contributed by atoms with van der Waals surface area (Å²) in [5.74, 6) is 4.88. The molecule has 164 valence electrons. The molecule has 0 N–H and O–H groups in total. The number of hydrogen-bond acceptors (Lipinski definition) is 1. The smallest absolute Gasteiger partial charge is 0.127 e. The van der Waals surface area contributed by atoms with Crippen molar-refractivity contribution in [2.24, 2.45) is 52.3 Å². The Bertz CT molecular complexity index is 632. The van der Waals surface area contributed by atoms with Gasteiger partial charge in [-0.2, -0.15) is 0 Å². The van der Waals surface area contributed by atoms with Gasteiger partial charge in [0, 0.05) is 5.92 Å². The minimum Gasteiger partial charge on any atom is -0.303 e. The third kappa shape index (κ3) is 3.57. The fourth-order valence-electron chi connectivity index (χ4n) is 8.92. The van der Waals surface area contributed by atoms with E-state index in [0.717, 1.165) is 29.6 Å². The number of carbonyl (C=O) groups excluding carboxylic acids is 1. The molecule has 0 radical (unpaired) electrons. The first kappa shape index (κ1) is 21.6. The van der Waals surface area contributed by atoms with E-state index >= 15 is 0 Å². The second-order valence-electron chi connectivity index (χ2n) is 12.4. The highest BCUT2D eigenvalue weighted by molar-refractivity contribution is 5.59. The molecule has 0 bridgehead atoms. The number of rotatable bonds is 6. The Labute approximate surface area is 180 Å². The highest BCUT2D eigenvalue weighted by Crippen LogP contribution is 2.68. The van der Waals surface area contributed by atoms with E-state index in [1.807, 2.05) is 0 Å². The zero-order chi connectivity index (χ0) is 20.8. The highest BCUT2D eigenvalue weighted by atomic mass is 16.1. The first-order chi connectivity index (χ1) is 13.8. The summed E-state index contributed by atoms with van der Waals surface area (Å²) in [6, 6.07) is 0. The molecule has 0 amide bonds. The minimum atomic E-state index is 0.195. The van der Waals surface area contributed by atoms with Crippen molar-refractivity contribution in [2.75, 3.05) is 0 Å². The van der Waals surface area contributed by atoms with E-state index in [0.29, 0.717) is 16.7 Å². The summed E-state index contributed by atoms with van der Waals surface area (Å²) in [5.41, 5.74) is 2.52. The number of hydrogen-bond donors (Lipinski definition) is 0. The number of fused-ring (bicyclic) bond motifs is 5. The van der Waals surface area contributed by atoms with Crippen molar-refractivity contribution in [1.29, 1.82) is 0 Å². The van der Waals surface area contributed by atoms with Gasteiger partial charge in [0.25, 0.3) is 0 Å². The van der Waals surface area contributed by atoms with E-state index in [2.05, 4.69) is 40.7 Å². The van der Waals surface area contributed by atoms with E-state index in [9.17, 15) is 4.79 Å². The lowest BCUT2D eigenvalue weighted by atomic mass is 9.45. The average Bonchev–Trinajstić information content (AvgIpc) is 3.04. The van der Waals surface area contributed by atoms with Crippen molar-refractivity contribution in [3.8, 4) is 0 Å². The molecule has 1 nitrogen and oxygen atoms in total. The Balaban J connectivity index is 1.57. The van der Waals surface area contributed by atoms with Gasteiger partial charge >= 0.3 is 0 Å². The Morgan fingerprint density at radius 1 is 1.03 bits per heavy atom. The van der Waals surface area contributed by atoms with Gasteiger partial charge in [-0.05, 0) is 91.3 Å². The van der Waals surface area contributed by atoms with Crippen LogP contribution in [0.15, 0.2) is 11.6 Å². The zero-order valence-electron chi connectivity index (χ0n) is 19.9. The predicted molar refractivity (Wildman–Crippen MR) is 123 cm³/mol. The summed E-state index contributed by atoms with van der Waals surface area (Å²) in [4.78, 5) is 12.3. The molecule has 1 heteroatoms. The third-order valence-corrected chi connectivity index (χ3v) is 10.5. The Morgan fingerprint density at radius 2 is 1.83 bits per heavy atom. The summed E-state index contributed by atoms with van der Waals surface area (Å²) in [7, 11) is 0. The summed E-state index contributed by atoms with van der Waals surface area (Å²) in [6.45, 7) is 12.5. The number of carbonyl (C=O) groups is 1. The van der Waals surface area contributed by atoms with E-state index in [1.54, 1.807) is 5.57 Å². The van der Waals surface area contributed by atoms with Crippen molar-refractivity contribution in [3.05, 3.63) is 11.6 Å². The molecule has 0 aromatic heterocycles. The molecular weight excluding hydrogens is 352 g/mol. The summed E-state index contributed by atoms with van der Waals surface area (Å²) < 4.78 is 0. The van der Waals surface area contributed by atoms with Crippen molar-refractivity contribution >= 4 is 6.29 Å². The maximum absolute atomic E-state index is 12.3. The van der Waals surface area contributed by atoms with Crippen LogP contribution in [0.1, 0.15) is 105 Å². The Kier molecular flexibility index (Phi) is 6.09. The van der Waals surface area contributed by atoms with Gasteiger partial charge in [-0.1, -0.05) is 72.0 Å². The molecule has 0 spiro atoms. The van der Waals surface area contributed by atoms with Crippen LogP contribution in [0.2, 0.25) is 0 Å². The Morgan fingerprint density at radius 3 is 2.55 bits per heavy atom. The van der Waals surface area contributed by atoms with E-state index in [1.165, 1.54) is 76.9 Å². The van der Waals surface area contributed by atoms with Crippen LogP contribution in [0.3, 0.4) is 0 Å². The predicted octanol–water partition coefficient (Wildman–Crippen LogP) is 7.84. The molecule has 0 saturated heterocycles. The fourth-order valence-corrected chi connectivity index (χ4v) is 8.92. The largest absolute Gasteiger partial charge is 0.303 e. The first-order valence-electron chi connectivity index (χ1n) is 13.0. The first-order valence-corrected chi connectivity index (χ1v) is 13.0. The molecule has 29 heavy (non-hydrogen) atoms. The van der Waals surface area contributed by atoms with Crippen LogP contribution in [0, 0.1) is 52.3 Å². The van der Waals surface area contributed by atoms with Gasteiger partial charge in [0.1, 0.15) is 6.29 Å².